The number of hydrogen-bond acceptors (Lipinski definition) is 4. The molecule has 0 aromatic carbocycles. The molecule has 0 aliphatic rings. The number of rotatable bonds is 4. The summed E-state index contributed by atoms with van der Waals surface area (Å²) in [6.07, 6.45) is 3.67. The normalized spacial score (nSPS) is 10.4. The first kappa shape index (κ1) is 10.9. The molecule has 0 aliphatic carbocycles. The Bertz CT molecular complexity index is 434. The van der Waals surface area contributed by atoms with E-state index in [1.54, 1.807) is 6.20 Å². The number of nitrogens with zero attached hydrogens (tertiary/aromatic N) is 4. The molecular formula is C10H12ClN5. The van der Waals surface area contributed by atoms with E-state index in [1.807, 2.05) is 29.9 Å². The zero-order valence-corrected chi connectivity index (χ0v) is 9.65. The molecule has 0 radical (unpaired) electrons. The minimum absolute atomic E-state index is 0.265. The Balaban J connectivity index is 1.89. The molecule has 0 aliphatic heterocycles. The Morgan fingerprint density at radius 1 is 1.44 bits per heavy atom. The number of aromatic nitrogens is 4. The van der Waals surface area contributed by atoms with E-state index in [0.717, 1.165) is 24.6 Å². The van der Waals surface area contributed by atoms with Gasteiger partial charge in [0.2, 0.25) is 5.28 Å². The second kappa shape index (κ2) is 4.94. The predicted octanol–water partition coefficient (Wildman–Crippen LogP) is 1.75. The molecule has 16 heavy (non-hydrogen) atoms. The summed E-state index contributed by atoms with van der Waals surface area (Å²) in [4.78, 5) is 8.06. The van der Waals surface area contributed by atoms with E-state index in [2.05, 4.69) is 20.4 Å². The maximum absolute atomic E-state index is 5.75. The summed E-state index contributed by atoms with van der Waals surface area (Å²) in [5, 5.41) is 7.53. The van der Waals surface area contributed by atoms with Gasteiger partial charge in [0.1, 0.15) is 5.82 Å². The van der Waals surface area contributed by atoms with Crippen molar-refractivity contribution in [3.8, 4) is 0 Å². The van der Waals surface area contributed by atoms with Crippen molar-refractivity contribution in [3.05, 3.63) is 35.5 Å². The van der Waals surface area contributed by atoms with Gasteiger partial charge in [0.15, 0.2) is 0 Å². The fourth-order valence-electron chi connectivity index (χ4n) is 1.35. The molecular weight excluding hydrogens is 226 g/mol. The van der Waals surface area contributed by atoms with Crippen molar-refractivity contribution in [2.24, 2.45) is 0 Å². The smallest absolute Gasteiger partial charge is 0.224 e. The van der Waals surface area contributed by atoms with Crippen molar-refractivity contribution in [2.75, 3.05) is 11.9 Å². The summed E-state index contributed by atoms with van der Waals surface area (Å²) in [6, 6.07) is 3.75. The van der Waals surface area contributed by atoms with Gasteiger partial charge in [-0.15, -0.1) is 0 Å². The standard InChI is InChI=1S/C10H12ClN5/c1-8-7-9(15-10(11)14-8)12-4-6-16-5-2-3-13-16/h2-3,5,7H,4,6H2,1H3,(H,12,14,15). The Kier molecular flexibility index (Phi) is 3.36. The average Bonchev–Trinajstić information content (AvgIpc) is 2.69. The Hall–Kier alpha value is -1.62. The summed E-state index contributed by atoms with van der Waals surface area (Å²) < 4.78 is 1.85. The van der Waals surface area contributed by atoms with Crippen LogP contribution in [0.5, 0.6) is 0 Å². The van der Waals surface area contributed by atoms with Gasteiger partial charge in [-0.05, 0) is 24.6 Å². The third-order valence-electron chi connectivity index (χ3n) is 2.03. The highest BCUT2D eigenvalue weighted by molar-refractivity contribution is 6.28. The molecule has 0 spiro atoms. The van der Waals surface area contributed by atoms with Crippen molar-refractivity contribution >= 4 is 17.4 Å². The fourth-order valence-corrected chi connectivity index (χ4v) is 1.58. The molecule has 5 nitrogen and oxygen atoms in total. The van der Waals surface area contributed by atoms with Crippen molar-refractivity contribution in [2.45, 2.75) is 13.5 Å². The lowest BCUT2D eigenvalue weighted by Crippen LogP contribution is -2.12. The fraction of sp³-hybridized carbons (Fsp3) is 0.300. The van der Waals surface area contributed by atoms with Crippen molar-refractivity contribution < 1.29 is 0 Å². The van der Waals surface area contributed by atoms with Crippen LogP contribution in [0.3, 0.4) is 0 Å². The molecule has 2 heterocycles. The first-order chi connectivity index (χ1) is 7.74. The number of anilines is 1. The summed E-state index contributed by atoms with van der Waals surface area (Å²) >= 11 is 5.75. The maximum atomic E-state index is 5.75. The van der Waals surface area contributed by atoms with Gasteiger partial charge < -0.3 is 5.32 Å². The van der Waals surface area contributed by atoms with Crippen LogP contribution < -0.4 is 5.32 Å². The summed E-state index contributed by atoms with van der Waals surface area (Å²) in [5.74, 6) is 0.740. The zero-order valence-electron chi connectivity index (χ0n) is 8.89. The average molecular weight is 238 g/mol. The predicted molar refractivity (Wildman–Crippen MR) is 62.5 cm³/mol. The van der Waals surface area contributed by atoms with E-state index in [1.165, 1.54) is 0 Å². The third kappa shape index (κ3) is 2.93. The SMILES string of the molecule is Cc1cc(NCCn2cccn2)nc(Cl)n1. The third-order valence-corrected chi connectivity index (χ3v) is 2.20. The van der Waals surface area contributed by atoms with E-state index in [9.17, 15) is 0 Å². The van der Waals surface area contributed by atoms with Gasteiger partial charge in [-0.2, -0.15) is 5.10 Å². The summed E-state index contributed by atoms with van der Waals surface area (Å²) in [5.41, 5.74) is 0.849. The van der Waals surface area contributed by atoms with Crippen LogP contribution in [-0.2, 0) is 6.54 Å². The van der Waals surface area contributed by atoms with E-state index < -0.39 is 0 Å². The Morgan fingerprint density at radius 2 is 2.31 bits per heavy atom. The second-order valence-corrected chi connectivity index (χ2v) is 3.70. The van der Waals surface area contributed by atoms with Crippen LogP contribution in [0.2, 0.25) is 5.28 Å². The minimum atomic E-state index is 0.265. The monoisotopic (exact) mass is 237 g/mol. The summed E-state index contributed by atoms with van der Waals surface area (Å²) in [7, 11) is 0. The van der Waals surface area contributed by atoms with Crippen LogP contribution in [0, 0.1) is 6.92 Å². The van der Waals surface area contributed by atoms with E-state index in [0.29, 0.717) is 0 Å². The Morgan fingerprint density at radius 3 is 3.00 bits per heavy atom. The minimum Gasteiger partial charge on any atom is -0.368 e. The quantitative estimate of drug-likeness (QED) is 0.824. The first-order valence-electron chi connectivity index (χ1n) is 4.96. The molecule has 0 atom stereocenters. The van der Waals surface area contributed by atoms with Gasteiger partial charge in [-0.25, -0.2) is 9.97 Å². The lowest BCUT2D eigenvalue weighted by Gasteiger charge is -2.06. The van der Waals surface area contributed by atoms with Crippen molar-refractivity contribution in [3.63, 3.8) is 0 Å². The topological polar surface area (TPSA) is 55.6 Å². The van der Waals surface area contributed by atoms with Gasteiger partial charge in [0, 0.05) is 30.7 Å². The van der Waals surface area contributed by atoms with Gasteiger partial charge in [0.05, 0.1) is 6.54 Å². The van der Waals surface area contributed by atoms with E-state index in [-0.39, 0.29) is 5.28 Å². The van der Waals surface area contributed by atoms with Crippen molar-refractivity contribution in [1.82, 2.24) is 19.7 Å². The van der Waals surface area contributed by atoms with E-state index in [4.69, 9.17) is 11.6 Å². The van der Waals surface area contributed by atoms with Gasteiger partial charge in [-0.3, -0.25) is 4.68 Å². The zero-order chi connectivity index (χ0) is 11.4. The molecule has 2 rings (SSSR count). The maximum Gasteiger partial charge on any atom is 0.224 e. The molecule has 0 saturated heterocycles. The highest BCUT2D eigenvalue weighted by Crippen LogP contribution is 2.09. The van der Waals surface area contributed by atoms with Gasteiger partial charge in [0.25, 0.3) is 0 Å². The van der Waals surface area contributed by atoms with E-state index >= 15 is 0 Å². The molecule has 84 valence electrons. The lowest BCUT2D eigenvalue weighted by molar-refractivity contribution is 0.637. The molecule has 2 aromatic rings. The first-order valence-corrected chi connectivity index (χ1v) is 5.34. The molecule has 0 fully saturated rings. The largest absolute Gasteiger partial charge is 0.368 e. The van der Waals surface area contributed by atoms with Crippen LogP contribution in [-0.4, -0.2) is 26.3 Å². The highest BCUT2D eigenvalue weighted by Gasteiger charge is 1.99. The molecule has 0 unspecified atom stereocenters. The van der Waals surface area contributed by atoms with Crippen LogP contribution in [0.4, 0.5) is 5.82 Å². The molecule has 2 aromatic heterocycles. The molecule has 0 saturated carbocycles. The van der Waals surface area contributed by atoms with Crippen LogP contribution in [0.15, 0.2) is 24.5 Å². The number of aryl methyl sites for hydroxylation is 1. The van der Waals surface area contributed by atoms with Crippen LogP contribution in [0.25, 0.3) is 0 Å². The highest BCUT2D eigenvalue weighted by atomic mass is 35.5. The number of hydrogen-bond donors (Lipinski definition) is 1. The number of halogens is 1. The second-order valence-electron chi connectivity index (χ2n) is 3.36. The van der Waals surface area contributed by atoms with Gasteiger partial charge >= 0.3 is 0 Å². The Labute approximate surface area is 98.5 Å². The molecule has 6 heteroatoms. The van der Waals surface area contributed by atoms with Crippen LogP contribution >= 0.6 is 11.6 Å². The van der Waals surface area contributed by atoms with Crippen LogP contribution in [0.1, 0.15) is 5.69 Å². The number of nitrogens with one attached hydrogen (secondary N) is 1. The lowest BCUT2D eigenvalue weighted by atomic mass is 10.4. The van der Waals surface area contributed by atoms with Gasteiger partial charge in [-0.1, -0.05) is 0 Å². The van der Waals surface area contributed by atoms with Crippen molar-refractivity contribution in [1.29, 1.82) is 0 Å². The molecule has 1 N–H and O–H groups in total. The summed E-state index contributed by atoms with van der Waals surface area (Å²) in [6.45, 7) is 3.41. The molecule has 0 bridgehead atoms. The molecule has 0 amide bonds.